The smallest absolute Gasteiger partial charge is 0.266 e. The van der Waals surface area contributed by atoms with Gasteiger partial charge in [-0.2, -0.15) is 0 Å². The Morgan fingerprint density at radius 2 is 2.00 bits per heavy atom. The van der Waals surface area contributed by atoms with Crippen LogP contribution in [0.1, 0.15) is 0 Å². The zero-order valence-corrected chi connectivity index (χ0v) is 11.4. The van der Waals surface area contributed by atoms with Gasteiger partial charge in [0.25, 0.3) is 10.0 Å². The minimum Gasteiger partial charge on any atom is -0.495 e. The summed E-state index contributed by atoms with van der Waals surface area (Å²) in [6.07, 6.45) is 2.57. The Bertz CT molecular complexity index is 691. The Morgan fingerprint density at radius 3 is 2.68 bits per heavy atom. The number of nitrogens with one attached hydrogen (secondary N) is 1. The summed E-state index contributed by atoms with van der Waals surface area (Å²) >= 11 is 5.65. The van der Waals surface area contributed by atoms with Crippen LogP contribution in [0.25, 0.3) is 0 Å². The molecular formula is C11H10ClN3O3S. The van der Waals surface area contributed by atoms with Crippen LogP contribution in [0.2, 0.25) is 5.15 Å². The van der Waals surface area contributed by atoms with E-state index in [0.717, 1.165) is 0 Å². The van der Waals surface area contributed by atoms with Gasteiger partial charge in [0.15, 0.2) is 5.82 Å². The van der Waals surface area contributed by atoms with E-state index in [0.29, 0.717) is 0 Å². The van der Waals surface area contributed by atoms with E-state index in [4.69, 9.17) is 16.3 Å². The van der Waals surface area contributed by atoms with Crippen molar-refractivity contribution in [3.05, 3.63) is 41.8 Å². The number of para-hydroxylation sites is 1. The number of methoxy groups -OCH3 is 1. The van der Waals surface area contributed by atoms with E-state index in [2.05, 4.69) is 14.7 Å². The van der Waals surface area contributed by atoms with Crippen LogP contribution in [-0.4, -0.2) is 25.5 Å². The third kappa shape index (κ3) is 3.12. The molecule has 0 saturated carbocycles. The zero-order chi connectivity index (χ0) is 13.9. The average Bonchev–Trinajstić information content (AvgIpc) is 2.38. The van der Waals surface area contributed by atoms with Gasteiger partial charge in [0.05, 0.1) is 19.5 Å². The van der Waals surface area contributed by atoms with Gasteiger partial charge in [-0.15, -0.1) is 0 Å². The van der Waals surface area contributed by atoms with Crippen molar-refractivity contribution in [2.75, 3.05) is 11.8 Å². The molecule has 1 heterocycles. The summed E-state index contributed by atoms with van der Waals surface area (Å²) < 4.78 is 31.7. The van der Waals surface area contributed by atoms with Gasteiger partial charge in [0, 0.05) is 0 Å². The molecule has 1 N–H and O–H groups in total. The van der Waals surface area contributed by atoms with Gasteiger partial charge >= 0.3 is 0 Å². The molecule has 0 fully saturated rings. The fraction of sp³-hybridized carbons (Fsp3) is 0.0909. The first-order chi connectivity index (χ1) is 9.03. The second-order valence-corrected chi connectivity index (χ2v) is 5.52. The quantitative estimate of drug-likeness (QED) is 0.933. The molecule has 0 aliphatic rings. The second kappa shape index (κ2) is 5.41. The maximum Gasteiger partial charge on any atom is 0.266 e. The van der Waals surface area contributed by atoms with Crippen LogP contribution in [0.5, 0.6) is 5.75 Å². The molecule has 0 saturated heterocycles. The molecule has 0 aliphatic carbocycles. The molecule has 0 radical (unpaired) electrons. The van der Waals surface area contributed by atoms with Gasteiger partial charge in [-0.1, -0.05) is 23.7 Å². The number of hydrogen-bond acceptors (Lipinski definition) is 5. The number of halogens is 1. The summed E-state index contributed by atoms with van der Waals surface area (Å²) in [5.41, 5.74) is 0. The number of hydrogen-bond donors (Lipinski definition) is 1. The lowest BCUT2D eigenvalue weighted by Gasteiger charge is -2.10. The van der Waals surface area contributed by atoms with Crippen molar-refractivity contribution >= 4 is 27.4 Å². The number of rotatable bonds is 4. The Morgan fingerprint density at radius 1 is 1.26 bits per heavy atom. The van der Waals surface area contributed by atoms with Crippen LogP contribution in [0.4, 0.5) is 5.82 Å². The SMILES string of the molecule is COc1ccccc1S(=O)(=O)Nc1cncc(Cl)n1. The molecule has 100 valence electrons. The fourth-order valence-corrected chi connectivity index (χ4v) is 2.73. The van der Waals surface area contributed by atoms with Gasteiger partial charge in [-0.25, -0.2) is 13.4 Å². The molecule has 0 aliphatic heterocycles. The Balaban J connectivity index is 2.38. The number of ether oxygens (including phenoxy) is 1. The van der Waals surface area contributed by atoms with Crippen molar-refractivity contribution in [3.8, 4) is 5.75 Å². The van der Waals surface area contributed by atoms with Gasteiger partial charge in [0.1, 0.15) is 15.8 Å². The first-order valence-electron chi connectivity index (χ1n) is 5.16. The largest absolute Gasteiger partial charge is 0.495 e. The molecule has 0 amide bonds. The zero-order valence-electron chi connectivity index (χ0n) is 9.87. The highest BCUT2D eigenvalue weighted by Gasteiger charge is 2.19. The molecule has 2 rings (SSSR count). The first kappa shape index (κ1) is 13.6. The maximum absolute atomic E-state index is 12.2. The molecule has 1 aromatic heterocycles. The van der Waals surface area contributed by atoms with Gasteiger partial charge in [-0.05, 0) is 12.1 Å². The Labute approximate surface area is 115 Å². The molecule has 6 nitrogen and oxygen atoms in total. The topological polar surface area (TPSA) is 81.2 Å². The van der Waals surface area contributed by atoms with Crippen molar-refractivity contribution < 1.29 is 13.2 Å². The minimum absolute atomic E-state index is 0.0132. The third-order valence-electron chi connectivity index (χ3n) is 2.20. The number of sulfonamides is 1. The van der Waals surface area contributed by atoms with Crippen molar-refractivity contribution in [2.24, 2.45) is 0 Å². The molecule has 19 heavy (non-hydrogen) atoms. The normalized spacial score (nSPS) is 11.1. The van der Waals surface area contributed by atoms with E-state index in [9.17, 15) is 8.42 Å². The maximum atomic E-state index is 12.2. The standard InChI is InChI=1S/C11H10ClN3O3S/c1-18-8-4-2-3-5-9(8)19(16,17)15-11-7-13-6-10(12)14-11/h2-7H,1H3,(H,14,15). The van der Waals surface area contributed by atoms with Gasteiger partial charge in [0.2, 0.25) is 0 Å². The lowest BCUT2D eigenvalue weighted by molar-refractivity contribution is 0.403. The minimum atomic E-state index is -3.81. The second-order valence-electron chi connectivity index (χ2n) is 3.48. The van der Waals surface area contributed by atoms with Crippen LogP contribution in [0, 0.1) is 0 Å². The number of benzene rings is 1. The Hall–Kier alpha value is -1.86. The van der Waals surface area contributed by atoms with Gasteiger partial charge in [-0.3, -0.25) is 9.71 Å². The fourth-order valence-electron chi connectivity index (χ4n) is 1.42. The van der Waals surface area contributed by atoms with Crippen LogP contribution in [-0.2, 0) is 10.0 Å². The third-order valence-corrected chi connectivity index (χ3v) is 3.78. The molecule has 0 unspecified atom stereocenters. The molecule has 2 aromatic rings. The lowest BCUT2D eigenvalue weighted by atomic mass is 10.3. The summed E-state index contributed by atoms with van der Waals surface area (Å²) in [7, 11) is -2.41. The highest BCUT2D eigenvalue weighted by Crippen LogP contribution is 2.24. The van der Waals surface area contributed by atoms with Crippen molar-refractivity contribution in [1.82, 2.24) is 9.97 Å². The molecule has 0 spiro atoms. The number of aromatic nitrogens is 2. The molecule has 8 heteroatoms. The van der Waals surface area contributed by atoms with Crippen molar-refractivity contribution in [1.29, 1.82) is 0 Å². The predicted molar refractivity (Wildman–Crippen MR) is 70.8 cm³/mol. The van der Waals surface area contributed by atoms with E-state index in [1.807, 2.05) is 0 Å². The van der Waals surface area contributed by atoms with Gasteiger partial charge < -0.3 is 4.74 Å². The summed E-state index contributed by atoms with van der Waals surface area (Å²) in [5, 5.41) is 0.0974. The highest BCUT2D eigenvalue weighted by molar-refractivity contribution is 7.92. The number of nitrogens with zero attached hydrogens (tertiary/aromatic N) is 2. The van der Waals surface area contributed by atoms with Crippen LogP contribution in [0.3, 0.4) is 0 Å². The highest BCUT2D eigenvalue weighted by atomic mass is 35.5. The summed E-state index contributed by atoms with van der Waals surface area (Å²) in [6, 6.07) is 6.26. The van der Waals surface area contributed by atoms with Crippen LogP contribution in [0.15, 0.2) is 41.6 Å². The molecule has 0 bridgehead atoms. The van der Waals surface area contributed by atoms with E-state index >= 15 is 0 Å². The lowest BCUT2D eigenvalue weighted by Crippen LogP contribution is -2.15. The average molecular weight is 300 g/mol. The molecular weight excluding hydrogens is 290 g/mol. The van der Waals surface area contributed by atoms with Crippen molar-refractivity contribution in [2.45, 2.75) is 4.90 Å². The summed E-state index contributed by atoms with van der Waals surface area (Å²) in [5.74, 6) is 0.281. The summed E-state index contributed by atoms with van der Waals surface area (Å²) in [6.45, 7) is 0. The van der Waals surface area contributed by atoms with Crippen molar-refractivity contribution in [3.63, 3.8) is 0 Å². The first-order valence-corrected chi connectivity index (χ1v) is 7.02. The monoisotopic (exact) mass is 299 g/mol. The van der Waals surface area contributed by atoms with Crippen LogP contribution < -0.4 is 9.46 Å². The molecule has 0 atom stereocenters. The van der Waals surface area contributed by atoms with E-state index in [-0.39, 0.29) is 21.6 Å². The van der Waals surface area contributed by atoms with E-state index < -0.39 is 10.0 Å². The van der Waals surface area contributed by atoms with E-state index in [1.165, 1.54) is 25.6 Å². The molecule has 1 aromatic carbocycles. The Kier molecular flexibility index (Phi) is 3.87. The predicted octanol–water partition coefficient (Wildman–Crippen LogP) is 1.94. The van der Waals surface area contributed by atoms with Crippen LogP contribution >= 0.6 is 11.6 Å². The number of anilines is 1. The van der Waals surface area contributed by atoms with E-state index in [1.54, 1.807) is 18.2 Å². The summed E-state index contributed by atoms with van der Waals surface area (Å²) in [4.78, 5) is 7.58.